The molecule has 2 rings (SSSR count). The molecule has 1 aliphatic rings. The maximum absolute atomic E-state index is 4.14. The zero-order valence-electron chi connectivity index (χ0n) is 8.49. The normalized spacial score (nSPS) is 27.0. The topological polar surface area (TPSA) is 37.8 Å². The molecule has 3 nitrogen and oxygen atoms in total. The molecule has 0 aromatic carbocycles. The Hall–Kier alpha value is -0.130. The maximum Gasteiger partial charge on any atom is 0.174 e. The Morgan fingerprint density at radius 3 is 2.86 bits per heavy atom. The number of hydrogen-bond donors (Lipinski definition) is 1. The lowest BCUT2D eigenvalue weighted by Gasteiger charge is -2.07. The van der Waals surface area contributed by atoms with Crippen molar-refractivity contribution in [2.45, 2.75) is 41.8 Å². The van der Waals surface area contributed by atoms with Gasteiger partial charge in [-0.2, -0.15) is 0 Å². The van der Waals surface area contributed by atoms with Crippen molar-refractivity contribution in [1.82, 2.24) is 15.5 Å². The second kappa shape index (κ2) is 4.59. The van der Waals surface area contributed by atoms with Crippen molar-refractivity contribution in [3.63, 3.8) is 0 Å². The fourth-order valence-electron chi connectivity index (χ4n) is 1.78. The van der Waals surface area contributed by atoms with Gasteiger partial charge in [-0.05, 0) is 33.2 Å². The van der Waals surface area contributed by atoms with E-state index < -0.39 is 0 Å². The Balaban J connectivity index is 1.87. The van der Waals surface area contributed by atoms with Crippen molar-refractivity contribution in [2.24, 2.45) is 0 Å². The molecule has 0 aliphatic heterocycles. The molecular formula is C9H15N3S2. The SMILES string of the molecule is CNC1CCC(Sc2nnc(C)s2)C1. The van der Waals surface area contributed by atoms with Crippen molar-refractivity contribution in [1.29, 1.82) is 0 Å². The van der Waals surface area contributed by atoms with E-state index in [0.717, 1.165) is 14.6 Å². The van der Waals surface area contributed by atoms with E-state index in [0.29, 0.717) is 6.04 Å². The monoisotopic (exact) mass is 229 g/mol. The van der Waals surface area contributed by atoms with Crippen LogP contribution in [0.4, 0.5) is 0 Å². The Kier molecular flexibility index (Phi) is 3.41. The van der Waals surface area contributed by atoms with Gasteiger partial charge in [0.15, 0.2) is 4.34 Å². The number of aryl methyl sites for hydroxylation is 1. The highest BCUT2D eigenvalue weighted by Gasteiger charge is 2.25. The first-order valence-corrected chi connectivity index (χ1v) is 6.61. The number of nitrogens with zero attached hydrogens (tertiary/aromatic N) is 2. The van der Waals surface area contributed by atoms with Crippen LogP contribution in [0.15, 0.2) is 4.34 Å². The highest BCUT2D eigenvalue weighted by molar-refractivity contribution is 8.01. The molecule has 1 aromatic heterocycles. The lowest BCUT2D eigenvalue weighted by molar-refractivity contribution is 0.583. The van der Waals surface area contributed by atoms with Crippen LogP contribution in [0.1, 0.15) is 24.3 Å². The summed E-state index contributed by atoms with van der Waals surface area (Å²) in [6, 6.07) is 0.710. The molecule has 14 heavy (non-hydrogen) atoms. The molecule has 1 saturated carbocycles. The van der Waals surface area contributed by atoms with Gasteiger partial charge in [0.05, 0.1) is 0 Å². The molecule has 1 fully saturated rings. The fraction of sp³-hybridized carbons (Fsp3) is 0.778. The second-order valence-electron chi connectivity index (χ2n) is 3.63. The summed E-state index contributed by atoms with van der Waals surface area (Å²) in [5.41, 5.74) is 0. The van der Waals surface area contributed by atoms with Crippen molar-refractivity contribution in [3.05, 3.63) is 5.01 Å². The highest BCUT2D eigenvalue weighted by Crippen LogP contribution is 2.35. The molecule has 1 aliphatic carbocycles. The van der Waals surface area contributed by atoms with Gasteiger partial charge >= 0.3 is 0 Å². The summed E-state index contributed by atoms with van der Waals surface area (Å²) in [7, 11) is 2.05. The van der Waals surface area contributed by atoms with Gasteiger partial charge in [-0.25, -0.2) is 0 Å². The zero-order chi connectivity index (χ0) is 9.97. The lowest BCUT2D eigenvalue weighted by atomic mass is 10.3. The summed E-state index contributed by atoms with van der Waals surface area (Å²) in [6.45, 7) is 2.01. The van der Waals surface area contributed by atoms with Crippen molar-refractivity contribution < 1.29 is 0 Å². The first-order chi connectivity index (χ1) is 6.78. The van der Waals surface area contributed by atoms with E-state index in [1.807, 2.05) is 25.7 Å². The lowest BCUT2D eigenvalue weighted by Crippen LogP contribution is -2.21. The van der Waals surface area contributed by atoms with Crippen LogP contribution in [0.5, 0.6) is 0 Å². The average molecular weight is 229 g/mol. The molecule has 0 spiro atoms. The zero-order valence-corrected chi connectivity index (χ0v) is 10.1. The summed E-state index contributed by atoms with van der Waals surface area (Å²) in [5, 5.41) is 13.3. The van der Waals surface area contributed by atoms with Crippen LogP contribution in [0.3, 0.4) is 0 Å². The minimum atomic E-state index is 0.710. The van der Waals surface area contributed by atoms with E-state index in [1.54, 1.807) is 11.3 Å². The standard InChI is InChI=1S/C9H15N3S2/c1-6-11-12-9(13-6)14-8-4-3-7(5-8)10-2/h7-8,10H,3-5H2,1-2H3. The Labute approximate surface area is 92.7 Å². The van der Waals surface area contributed by atoms with E-state index >= 15 is 0 Å². The minimum absolute atomic E-state index is 0.710. The highest BCUT2D eigenvalue weighted by atomic mass is 32.2. The first-order valence-electron chi connectivity index (χ1n) is 4.92. The van der Waals surface area contributed by atoms with Gasteiger partial charge in [0.2, 0.25) is 0 Å². The quantitative estimate of drug-likeness (QED) is 0.861. The Bertz CT molecular complexity index is 300. The molecule has 1 N–H and O–H groups in total. The molecule has 78 valence electrons. The molecule has 2 unspecified atom stereocenters. The van der Waals surface area contributed by atoms with E-state index in [9.17, 15) is 0 Å². The molecule has 2 atom stereocenters. The third-order valence-electron chi connectivity index (χ3n) is 2.57. The predicted molar refractivity (Wildman–Crippen MR) is 61.0 cm³/mol. The summed E-state index contributed by atoms with van der Waals surface area (Å²) < 4.78 is 1.13. The average Bonchev–Trinajstić information content (AvgIpc) is 2.76. The van der Waals surface area contributed by atoms with Gasteiger partial charge < -0.3 is 5.32 Å². The molecule has 0 bridgehead atoms. The van der Waals surface area contributed by atoms with Crippen LogP contribution in [0.25, 0.3) is 0 Å². The third kappa shape index (κ3) is 2.46. The summed E-state index contributed by atoms with van der Waals surface area (Å²) in [5.74, 6) is 0. The van der Waals surface area contributed by atoms with E-state index in [2.05, 4.69) is 15.5 Å². The summed E-state index contributed by atoms with van der Waals surface area (Å²) in [4.78, 5) is 0. The number of thioether (sulfide) groups is 1. The molecule has 0 radical (unpaired) electrons. The van der Waals surface area contributed by atoms with Crippen LogP contribution in [-0.4, -0.2) is 28.5 Å². The molecule has 0 amide bonds. The van der Waals surface area contributed by atoms with Crippen molar-refractivity contribution in [3.8, 4) is 0 Å². The van der Waals surface area contributed by atoms with Crippen LogP contribution < -0.4 is 5.32 Å². The van der Waals surface area contributed by atoms with Gasteiger partial charge in [-0.3, -0.25) is 0 Å². The van der Waals surface area contributed by atoms with Crippen molar-refractivity contribution in [2.75, 3.05) is 7.05 Å². The van der Waals surface area contributed by atoms with Crippen LogP contribution >= 0.6 is 23.1 Å². The molecule has 5 heteroatoms. The number of rotatable bonds is 3. The van der Waals surface area contributed by atoms with Gasteiger partial charge in [-0.15, -0.1) is 10.2 Å². The predicted octanol–water partition coefficient (Wildman–Crippen LogP) is 2.08. The minimum Gasteiger partial charge on any atom is -0.317 e. The largest absolute Gasteiger partial charge is 0.317 e. The van der Waals surface area contributed by atoms with Crippen LogP contribution in [0, 0.1) is 6.92 Å². The van der Waals surface area contributed by atoms with Crippen LogP contribution in [-0.2, 0) is 0 Å². The van der Waals surface area contributed by atoms with Gasteiger partial charge in [0.25, 0.3) is 0 Å². The smallest absolute Gasteiger partial charge is 0.174 e. The molecule has 1 aromatic rings. The number of hydrogen-bond acceptors (Lipinski definition) is 5. The molecule has 1 heterocycles. The van der Waals surface area contributed by atoms with Gasteiger partial charge in [0, 0.05) is 11.3 Å². The summed E-state index contributed by atoms with van der Waals surface area (Å²) >= 11 is 3.60. The number of nitrogens with one attached hydrogen (secondary N) is 1. The molecule has 0 saturated heterocycles. The van der Waals surface area contributed by atoms with Crippen LogP contribution in [0.2, 0.25) is 0 Å². The van der Waals surface area contributed by atoms with E-state index in [1.165, 1.54) is 19.3 Å². The van der Waals surface area contributed by atoms with Gasteiger partial charge in [-0.1, -0.05) is 23.1 Å². The summed E-state index contributed by atoms with van der Waals surface area (Å²) in [6.07, 6.45) is 3.86. The first kappa shape index (κ1) is 10.4. The van der Waals surface area contributed by atoms with E-state index in [4.69, 9.17) is 0 Å². The maximum atomic E-state index is 4.14. The van der Waals surface area contributed by atoms with Crippen molar-refractivity contribution >= 4 is 23.1 Å². The Morgan fingerprint density at radius 2 is 2.29 bits per heavy atom. The number of aromatic nitrogens is 2. The fourth-order valence-corrected chi connectivity index (χ4v) is 4.11. The second-order valence-corrected chi connectivity index (χ2v) is 6.35. The Morgan fingerprint density at radius 1 is 1.43 bits per heavy atom. The van der Waals surface area contributed by atoms with Gasteiger partial charge in [0.1, 0.15) is 5.01 Å². The third-order valence-corrected chi connectivity index (χ3v) is 4.78. The molecular weight excluding hydrogens is 214 g/mol. The van der Waals surface area contributed by atoms with E-state index in [-0.39, 0.29) is 0 Å².